The zero-order valence-electron chi connectivity index (χ0n) is 20.9. The SMILES string of the molecule is C=CC(O)c1ccc(CN(c2cc3oc(-c4ccc(F)cc4)c(C(=O)NC)c3cc2C2CC2)S(=O)[O-])cc1Cl. The van der Waals surface area contributed by atoms with E-state index in [1.54, 1.807) is 24.3 Å². The maximum absolute atomic E-state index is 13.6. The van der Waals surface area contributed by atoms with Crippen LogP contribution in [0.5, 0.6) is 0 Å². The molecule has 5 rings (SSSR count). The predicted octanol–water partition coefficient (Wildman–Crippen LogP) is 6.15. The molecule has 2 atom stereocenters. The standard InChI is InChI=1S/C29H26ClFN2O5S/c1-3-25(34)20-11-4-16(12-23(20)30)15-33(39(36)37)24-14-26-22(13-21(24)17-5-6-17)27(29(35)32-2)28(38-26)18-7-9-19(31)10-8-18/h3-4,7-14,17,25,34H,1,5-6,15H2,2H3,(H,32,35)(H,36,37)/p-1. The maximum Gasteiger partial charge on any atom is 0.255 e. The zero-order valence-corrected chi connectivity index (χ0v) is 22.5. The van der Waals surface area contributed by atoms with Crippen LogP contribution in [-0.4, -0.2) is 26.8 Å². The van der Waals surface area contributed by atoms with Crippen molar-refractivity contribution in [2.75, 3.05) is 11.4 Å². The van der Waals surface area contributed by atoms with Gasteiger partial charge < -0.3 is 19.4 Å². The third kappa shape index (κ3) is 5.35. The van der Waals surface area contributed by atoms with Crippen molar-refractivity contribution in [3.63, 3.8) is 0 Å². The molecule has 1 amide bonds. The molecule has 39 heavy (non-hydrogen) atoms. The first-order valence-electron chi connectivity index (χ1n) is 12.3. The van der Waals surface area contributed by atoms with Gasteiger partial charge in [0.2, 0.25) is 0 Å². The average Bonchev–Trinajstić information content (AvgIpc) is 3.71. The number of halogens is 2. The Labute approximate surface area is 232 Å². The summed E-state index contributed by atoms with van der Waals surface area (Å²) in [4.78, 5) is 13.0. The van der Waals surface area contributed by atoms with Crippen LogP contribution in [0.1, 0.15) is 51.9 Å². The first-order valence-corrected chi connectivity index (χ1v) is 13.7. The molecule has 1 heterocycles. The van der Waals surface area contributed by atoms with Gasteiger partial charge in [-0.05, 0) is 66.3 Å². The van der Waals surface area contributed by atoms with E-state index in [0.29, 0.717) is 43.9 Å². The molecular weight excluding hydrogens is 543 g/mol. The number of nitrogens with zero attached hydrogens (tertiary/aromatic N) is 1. The summed E-state index contributed by atoms with van der Waals surface area (Å²) in [6, 6.07) is 14.0. The lowest BCUT2D eigenvalue weighted by Crippen LogP contribution is -2.26. The van der Waals surface area contributed by atoms with Gasteiger partial charge in [0.15, 0.2) is 0 Å². The van der Waals surface area contributed by atoms with Crippen LogP contribution in [0.25, 0.3) is 22.3 Å². The number of hydrogen-bond acceptors (Lipinski definition) is 5. The molecule has 7 nitrogen and oxygen atoms in total. The Kier molecular flexibility index (Phi) is 7.59. The predicted molar refractivity (Wildman–Crippen MR) is 149 cm³/mol. The second kappa shape index (κ2) is 10.9. The molecule has 1 saturated carbocycles. The highest BCUT2D eigenvalue weighted by Crippen LogP contribution is 2.48. The van der Waals surface area contributed by atoms with Gasteiger partial charge >= 0.3 is 0 Å². The van der Waals surface area contributed by atoms with Gasteiger partial charge in [0.25, 0.3) is 5.91 Å². The number of benzene rings is 3. The van der Waals surface area contributed by atoms with Crippen molar-refractivity contribution in [3.8, 4) is 11.3 Å². The van der Waals surface area contributed by atoms with E-state index in [2.05, 4.69) is 11.9 Å². The van der Waals surface area contributed by atoms with Gasteiger partial charge in [-0.3, -0.25) is 13.3 Å². The molecule has 1 aromatic heterocycles. The van der Waals surface area contributed by atoms with Crippen molar-refractivity contribution in [2.24, 2.45) is 0 Å². The van der Waals surface area contributed by atoms with E-state index < -0.39 is 23.2 Å². The molecule has 2 unspecified atom stereocenters. The van der Waals surface area contributed by atoms with E-state index in [4.69, 9.17) is 16.0 Å². The van der Waals surface area contributed by atoms with Crippen molar-refractivity contribution in [1.82, 2.24) is 5.32 Å². The van der Waals surface area contributed by atoms with Crippen LogP contribution in [0.2, 0.25) is 5.02 Å². The summed E-state index contributed by atoms with van der Waals surface area (Å²) in [7, 11) is 1.51. The van der Waals surface area contributed by atoms with Crippen LogP contribution >= 0.6 is 11.6 Å². The van der Waals surface area contributed by atoms with Gasteiger partial charge in [0.1, 0.15) is 17.2 Å². The normalized spacial score (nSPS) is 14.7. The summed E-state index contributed by atoms with van der Waals surface area (Å²) >= 11 is 3.70. The second-order valence-corrected chi connectivity index (χ2v) is 10.6. The van der Waals surface area contributed by atoms with Crippen molar-refractivity contribution >= 4 is 45.4 Å². The van der Waals surface area contributed by atoms with Gasteiger partial charge in [-0.25, -0.2) is 4.39 Å². The fourth-order valence-electron chi connectivity index (χ4n) is 4.66. The quantitative estimate of drug-likeness (QED) is 0.186. The van der Waals surface area contributed by atoms with Crippen LogP contribution in [0.15, 0.2) is 71.7 Å². The number of amides is 1. The van der Waals surface area contributed by atoms with Crippen molar-refractivity contribution in [3.05, 3.63) is 100 Å². The lowest BCUT2D eigenvalue weighted by molar-refractivity contribution is 0.0964. The number of rotatable bonds is 9. The number of aliphatic hydroxyl groups excluding tert-OH is 1. The van der Waals surface area contributed by atoms with E-state index in [0.717, 1.165) is 18.4 Å². The van der Waals surface area contributed by atoms with Crippen molar-refractivity contribution in [1.29, 1.82) is 0 Å². The van der Waals surface area contributed by atoms with Gasteiger partial charge in [-0.2, -0.15) is 0 Å². The summed E-state index contributed by atoms with van der Waals surface area (Å²) < 4.78 is 46.0. The maximum atomic E-state index is 13.6. The van der Waals surface area contributed by atoms with Crippen molar-refractivity contribution in [2.45, 2.75) is 31.4 Å². The molecule has 3 aromatic carbocycles. The number of aliphatic hydroxyl groups is 1. The molecule has 0 aliphatic heterocycles. The highest BCUT2D eigenvalue weighted by atomic mass is 35.5. The van der Waals surface area contributed by atoms with E-state index in [1.165, 1.54) is 41.7 Å². The largest absolute Gasteiger partial charge is 0.755 e. The van der Waals surface area contributed by atoms with E-state index >= 15 is 0 Å². The van der Waals surface area contributed by atoms with Gasteiger partial charge in [-0.1, -0.05) is 29.8 Å². The third-order valence-corrected chi connectivity index (χ3v) is 7.81. The summed E-state index contributed by atoms with van der Waals surface area (Å²) in [6.45, 7) is 3.55. The fraction of sp³-hybridized carbons (Fsp3) is 0.207. The number of fused-ring (bicyclic) bond motifs is 1. The fourth-order valence-corrected chi connectivity index (χ4v) is 5.55. The lowest BCUT2D eigenvalue weighted by Gasteiger charge is -2.29. The van der Waals surface area contributed by atoms with Crippen LogP contribution < -0.4 is 9.62 Å². The van der Waals surface area contributed by atoms with Gasteiger partial charge in [0, 0.05) is 45.9 Å². The summed E-state index contributed by atoms with van der Waals surface area (Å²) in [6.07, 6.45) is 2.18. The van der Waals surface area contributed by atoms with Crippen LogP contribution in [0.3, 0.4) is 0 Å². The minimum atomic E-state index is -2.65. The van der Waals surface area contributed by atoms with Gasteiger partial charge in [0.05, 0.1) is 23.9 Å². The minimum absolute atomic E-state index is 0.0145. The van der Waals surface area contributed by atoms with Gasteiger partial charge in [-0.15, -0.1) is 6.58 Å². The topological polar surface area (TPSA) is 106 Å². The van der Waals surface area contributed by atoms with Crippen LogP contribution in [-0.2, 0) is 17.8 Å². The monoisotopic (exact) mass is 567 g/mol. The number of nitrogens with one attached hydrogen (secondary N) is 1. The Hall–Kier alpha value is -3.50. The molecule has 1 fully saturated rings. The highest BCUT2D eigenvalue weighted by molar-refractivity contribution is 7.80. The Morgan fingerprint density at radius 1 is 1.28 bits per heavy atom. The Balaban J connectivity index is 1.64. The molecule has 10 heteroatoms. The van der Waals surface area contributed by atoms with E-state index in [-0.39, 0.29) is 24.1 Å². The molecule has 1 aliphatic carbocycles. The number of carbonyl (C=O) groups excluding carboxylic acids is 1. The molecular formula is C29H25ClFN2O5S-. The Bertz CT molecular complexity index is 1600. The third-order valence-electron chi connectivity index (χ3n) is 6.80. The molecule has 0 saturated heterocycles. The minimum Gasteiger partial charge on any atom is -0.755 e. The molecule has 202 valence electrons. The number of furan rings is 1. The molecule has 2 N–H and O–H groups in total. The Morgan fingerprint density at radius 3 is 2.59 bits per heavy atom. The number of carbonyl (C=O) groups is 1. The molecule has 1 aliphatic rings. The first-order chi connectivity index (χ1) is 18.7. The van der Waals surface area contributed by atoms with Crippen molar-refractivity contribution < 1.29 is 27.5 Å². The van der Waals surface area contributed by atoms with E-state index in [9.17, 15) is 23.1 Å². The second-order valence-electron chi connectivity index (χ2n) is 9.36. The Morgan fingerprint density at radius 2 is 2.00 bits per heavy atom. The van der Waals surface area contributed by atoms with Crippen LogP contribution in [0.4, 0.5) is 10.1 Å². The molecule has 4 aromatic rings. The summed E-state index contributed by atoms with van der Waals surface area (Å²) in [5.74, 6) is -0.398. The molecule has 0 bridgehead atoms. The average molecular weight is 568 g/mol. The number of anilines is 1. The molecule has 0 spiro atoms. The summed E-state index contributed by atoms with van der Waals surface area (Å²) in [5.41, 5.74) is 3.44. The first kappa shape index (κ1) is 27.1. The smallest absolute Gasteiger partial charge is 0.255 e. The zero-order chi connectivity index (χ0) is 27.8. The van der Waals surface area contributed by atoms with Crippen LogP contribution in [0, 0.1) is 5.82 Å². The van der Waals surface area contributed by atoms with E-state index in [1.807, 2.05) is 6.07 Å². The lowest BCUT2D eigenvalue weighted by atomic mass is 10.00. The highest BCUT2D eigenvalue weighted by Gasteiger charge is 2.31. The summed E-state index contributed by atoms with van der Waals surface area (Å²) in [5, 5.41) is 13.5. The number of hydrogen-bond donors (Lipinski definition) is 2. The molecule has 0 radical (unpaired) electrons.